The molecule has 1 nitrogen and oxygen atoms in total. The van der Waals surface area contributed by atoms with Gasteiger partial charge in [-0.2, -0.15) is 0 Å². The molecule has 0 bridgehead atoms. The molecule has 66 valence electrons. The quantitative estimate of drug-likeness (QED) is 0.739. The molecule has 1 aromatic rings. The predicted octanol–water partition coefficient (Wildman–Crippen LogP) is 3.40. The predicted molar refractivity (Wildman–Crippen MR) is 54.8 cm³/mol. The maximum atomic E-state index is 5.33. The lowest BCUT2D eigenvalue weighted by Gasteiger charge is -2.21. The second-order valence-corrected chi connectivity index (χ2v) is 5.27. The SMILES string of the molecule is Brc1sccc1C1CCOCC1. The van der Waals surface area contributed by atoms with Crippen molar-refractivity contribution in [2.24, 2.45) is 0 Å². The Morgan fingerprint density at radius 1 is 1.42 bits per heavy atom. The zero-order valence-corrected chi connectivity index (χ0v) is 9.16. The average molecular weight is 247 g/mol. The average Bonchev–Trinajstić information content (AvgIpc) is 2.53. The van der Waals surface area contributed by atoms with Gasteiger partial charge in [-0.1, -0.05) is 0 Å². The maximum absolute atomic E-state index is 5.33. The molecule has 0 N–H and O–H groups in total. The molecule has 2 heterocycles. The Labute approximate surface area is 84.9 Å². The third-order valence-corrected chi connectivity index (χ3v) is 4.04. The monoisotopic (exact) mass is 246 g/mol. The molecule has 1 aliphatic heterocycles. The van der Waals surface area contributed by atoms with Gasteiger partial charge in [0, 0.05) is 13.2 Å². The van der Waals surface area contributed by atoms with Crippen molar-refractivity contribution in [3.8, 4) is 0 Å². The van der Waals surface area contributed by atoms with Gasteiger partial charge in [-0.05, 0) is 51.7 Å². The third kappa shape index (κ3) is 1.73. The minimum atomic E-state index is 0.722. The Kier molecular flexibility index (Phi) is 2.84. The lowest BCUT2D eigenvalue weighted by atomic mass is 9.94. The summed E-state index contributed by atoms with van der Waals surface area (Å²) in [6, 6.07) is 2.23. The van der Waals surface area contributed by atoms with E-state index < -0.39 is 0 Å². The van der Waals surface area contributed by atoms with Crippen molar-refractivity contribution in [2.45, 2.75) is 18.8 Å². The van der Waals surface area contributed by atoms with Crippen LogP contribution in [0.1, 0.15) is 24.3 Å². The van der Waals surface area contributed by atoms with Crippen molar-refractivity contribution < 1.29 is 4.74 Å². The van der Waals surface area contributed by atoms with Crippen molar-refractivity contribution in [1.29, 1.82) is 0 Å². The van der Waals surface area contributed by atoms with Crippen molar-refractivity contribution in [3.05, 3.63) is 20.8 Å². The molecule has 12 heavy (non-hydrogen) atoms. The molecular weight excluding hydrogens is 236 g/mol. The van der Waals surface area contributed by atoms with E-state index in [1.807, 2.05) is 0 Å². The summed E-state index contributed by atoms with van der Waals surface area (Å²) in [6.07, 6.45) is 2.35. The van der Waals surface area contributed by atoms with Crippen LogP contribution in [0.25, 0.3) is 0 Å². The molecule has 0 radical (unpaired) electrons. The summed E-state index contributed by atoms with van der Waals surface area (Å²) >= 11 is 5.35. The van der Waals surface area contributed by atoms with Crippen LogP contribution in [0.15, 0.2) is 15.2 Å². The van der Waals surface area contributed by atoms with Gasteiger partial charge < -0.3 is 4.74 Å². The van der Waals surface area contributed by atoms with Gasteiger partial charge in [0.1, 0.15) is 0 Å². The molecule has 0 spiro atoms. The van der Waals surface area contributed by atoms with Crippen LogP contribution in [0, 0.1) is 0 Å². The van der Waals surface area contributed by atoms with Crippen LogP contribution in [0.5, 0.6) is 0 Å². The molecule has 0 atom stereocenters. The molecule has 1 aromatic heterocycles. The van der Waals surface area contributed by atoms with Gasteiger partial charge in [-0.25, -0.2) is 0 Å². The zero-order chi connectivity index (χ0) is 8.39. The largest absolute Gasteiger partial charge is 0.381 e. The van der Waals surface area contributed by atoms with E-state index in [0.29, 0.717) is 0 Å². The Morgan fingerprint density at radius 3 is 2.75 bits per heavy atom. The summed E-state index contributed by atoms with van der Waals surface area (Å²) in [4.78, 5) is 0. The number of hydrogen-bond acceptors (Lipinski definition) is 2. The number of halogens is 1. The molecule has 1 aliphatic rings. The van der Waals surface area contributed by atoms with E-state index in [-0.39, 0.29) is 0 Å². The second kappa shape index (κ2) is 3.90. The summed E-state index contributed by atoms with van der Waals surface area (Å²) < 4.78 is 6.63. The fourth-order valence-electron chi connectivity index (χ4n) is 1.61. The first-order chi connectivity index (χ1) is 5.88. The van der Waals surface area contributed by atoms with E-state index >= 15 is 0 Å². The first-order valence-electron chi connectivity index (χ1n) is 4.18. The van der Waals surface area contributed by atoms with Crippen LogP contribution in [-0.2, 0) is 4.74 Å². The number of rotatable bonds is 1. The molecule has 3 heteroatoms. The van der Waals surface area contributed by atoms with Gasteiger partial charge in [0.15, 0.2) is 0 Å². The van der Waals surface area contributed by atoms with Crippen LogP contribution >= 0.6 is 27.3 Å². The van der Waals surface area contributed by atoms with Crippen molar-refractivity contribution in [3.63, 3.8) is 0 Å². The topological polar surface area (TPSA) is 9.23 Å². The van der Waals surface area contributed by atoms with Gasteiger partial charge in [0.05, 0.1) is 3.79 Å². The molecule has 0 aliphatic carbocycles. The van der Waals surface area contributed by atoms with Gasteiger partial charge in [0.2, 0.25) is 0 Å². The third-order valence-electron chi connectivity index (χ3n) is 2.31. The minimum absolute atomic E-state index is 0.722. The molecule has 1 fully saturated rings. The maximum Gasteiger partial charge on any atom is 0.0733 e. The highest BCUT2D eigenvalue weighted by Crippen LogP contribution is 2.35. The normalized spacial score (nSPS) is 19.8. The Bertz CT molecular complexity index is 253. The Hall–Kier alpha value is 0.140. The molecule has 0 saturated carbocycles. The van der Waals surface area contributed by atoms with E-state index in [1.165, 1.54) is 22.2 Å². The van der Waals surface area contributed by atoms with E-state index in [4.69, 9.17) is 4.74 Å². The summed E-state index contributed by atoms with van der Waals surface area (Å²) in [7, 11) is 0. The van der Waals surface area contributed by atoms with E-state index in [2.05, 4.69) is 27.4 Å². The van der Waals surface area contributed by atoms with Crippen LogP contribution < -0.4 is 0 Å². The van der Waals surface area contributed by atoms with Crippen LogP contribution in [-0.4, -0.2) is 13.2 Å². The summed E-state index contributed by atoms with van der Waals surface area (Å²) in [5, 5.41) is 2.15. The van der Waals surface area contributed by atoms with Crippen LogP contribution in [0.4, 0.5) is 0 Å². The van der Waals surface area contributed by atoms with Crippen LogP contribution in [0.3, 0.4) is 0 Å². The molecule has 0 aromatic carbocycles. The highest BCUT2D eigenvalue weighted by Gasteiger charge is 2.18. The Balaban J connectivity index is 2.13. The van der Waals surface area contributed by atoms with Crippen LogP contribution in [0.2, 0.25) is 0 Å². The minimum Gasteiger partial charge on any atom is -0.381 e. The van der Waals surface area contributed by atoms with Gasteiger partial charge in [-0.15, -0.1) is 11.3 Å². The van der Waals surface area contributed by atoms with E-state index in [9.17, 15) is 0 Å². The molecule has 2 rings (SSSR count). The summed E-state index contributed by atoms with van der Waals surface area (Å²) in [5.74, 6) is 0.722. The lowest BCUT2D eigenvalue weighted by molar-refractivity contribution is 0.0853. The number of hydrogen-bond donors (Lipinski definition) is 0. The second-order valence-electron chi connectivity index (χ2n) is 3.04. The zero-order valence-electron chi connectivity index (χ0n) is 6.75. The fourth-order valence-corrected chi connectivity index (χ4v) is 3.09. The molecule has 1 saturated heterocycles. The first-order valence-corrected chi connectivity index (χ1v) is 5.86. The van der Waals surface area contributed by atoms with Crippen molar-refractivity contribution in [1.82, 2.24) is 0 Å². The van der Waals surface area contributed by atoms with Gasteiger partial charge >= 0.3 is 0 Å². The fraction of sp³-hybridized carbons (Fsp3) is 0.556. The summed E-state index contributed by atoms with van der Waals surface area (Å²) in [6.45, 7) is 1.85. The molecule has 0 unspecified atom stereocenters. The van der Waals surface area contributed by atoms with Crippen molar-refractivity contribution in [2.75, 3.05) is 13.2 Å². The Morgan fingerprint density at radius 2 is 2.17 bits per heavy atom. The lowest BCUT2D eigenvalue weighted by Crippen LogP contribution is -2.13. The molecular formula is C9H11BrOS. The highest BCUT2D eigenvalue weighted by molar-refractivity contribution is 9.11. The smallest absolute Gasteiger partial charge is 0.0733 e. The standard InChI is InChI=1S/C9H11BrOS/c10-9-8(3-6-12-9)7-1-4-11-5-2-7/h3,6-7H,1-2,4-5H2. The summed E-state index contributed by atoms with van der Waals surface area (Å²) in [5.41, 5.74) is 1.48. The number of ether oxygens (including phenoxy) is 1. The van der Waals surface area contributed by atoms with Gasteiger partial charge in [0.25, 0.3) is 0 Å². The van der Waals surface area contributed by atoms with E-state index in [0.717, 1.165) is 19.1 Å². The number of thiophene rings is 1. The molecule has 0 amide bonds. The van der Waals surface area contributed by atoms with E-state index in [1.54, 1.807) is 11.3 Å². The highest BCUT2D eigenvalue weighted by atomic mass is 79.9. The van der Waals surface area contributed by atoms with Crippen molar-refractivity contribution >= 4 is 27.3 Å². The van der Waals surface area contributed by atoms with Gasteiger partial charge in [-0.3, -0.25) is 0 Å². The first kappa shape index (κ1) is 8.73.